The van der Waals surface area contributed by atoms with E-state index in [9.17, 15) is 93.6 Å². The molecule has 702 valence electrons. The molecule has 29 heteroatoms. The van der Waals surface area contributed by atoms with Gasteiger partial charge in [0.1, 0.15) is 37.5 Å². The van der Waals surface area contributed by atoms with Gasteiger partial charge in [0.05, 0.1) is 163 Å². The van der Waals surface area contributed by atoms with Gasteiger partial charge in [-0.25, -0.2) is 4.79 Å². The van der Waals surface area contributed by atoms with Crippen LogP contribution in [0.2, 0.25) is 0 Å². The molecule has 26 nitrogen and oxygen atoms in total. The molecule has 0 aromatic heterocycles. The van der Waals surface area contributed by atoms with Crippen LogP contribution in [-0.2, 0) is 33.5 Å². The molecule has 0 amide bonds. The van der Waals surface area contributed by atoms with Crippen molar-refractivity contribution in [3.63, 3.8) is 0 Å². The highest BCUT2D eigenvalue weighted by molar-refractivity contribution is 5.94. The van der Waals surface area contributed by atoms with Crippen LogP contribution in [0.25, 0.3) is 0 Å². The molecule has 0 aliphatic heterocycles. The Morgan fingerprint density at radius 2 is 0.690 bits per heavy atom. The van der Waals surface area contributed by atoms with Gasteiger partial charge in [0.2, 0.25) is 10.7 Å². The first-order valence-electron chi connectivity index (χ1n) is 43.9. The molecule has 6 rings (SSSR count). The Morgan fingerprint density at radius 3 is 0.952 bits per heavy atom. The number of benzene rings is 6. The lowest BCUT2D eigenvalue weighted by molar-refractivity contribution is -0.925. The van der Waals surface area contributed by atoms with Gasteiger partial charge in [0.25, 0.3) is 0 Å². The molecule has 126 heavy (non-hydrogen) atoms. The molecular formula is C97H142I3N5O21. The molecule has 0 radical (unpaired) electrons. The van der Waals surface area contributed by atoms with Crippen molar-refractivity contribution >= 4 is 65.5 Å². The van der Waals surface area contributed by atoms with Crippen LogP contribution in [0.15, 0.2) is 146 Å². The summed E-state index contributed by atoms with van der Waals surface area (Å²) in [6.07, 6.45) is 15.9. The van der Waals surface area contributed by atoms with Gasteiger partial charge in [-0.05, 0) is 207 Å². The second kappa shape index (κ2) is 69.7. The van der Waals surface area contributed by atoms with Gasteiger partial charge < -0.3 is 112 Å². The van der Waals surface area contributed by atoms with Crippen LogP contribution in [0.1, 0.15) is 259 Å². The van der Waals surface area contributed by atoms with E-state index in [0.29, 0.717) is 25.8 Å². The van der Waals surface area contributed by atoms with E-state index in [1.54, 1.807) is 98.8 Å². The van der Waals surface area contributed by atoms with E-state index in [-0.39, 0.29) is 60.1 Å². The number of nitrogens with zero attached hydrogens (tertiary/aromatic N) is 3. The van der Waals surface area contributed by atoms with Crippen molar-refractivity contribution in [2.24, 2.45) is 0 Å². The maximum Gasteiger partial charge on any atom is 0.358 e. The number of carboxylic acids is 8. The van der Waals surface area contributed by atoms with Crippen molar-refractivity contribution in [1.29, 1.82) is 0 Å². The monoisotopic (exact) mass is 2090 g/mol. The van der Waals surface area contributed by atoms with Crippen LogP contribution in [-0.4, -0.2) is 203 Å². The lowest BCUT2D eigenvalue weighted by atomic mass is 10.1. The molecule has 0 saturated heterocycles. The highest BCUT2D eigenvalue weighted by Crippen LogP contribution is 2.17. The van der Waals surface area contributed by atoms with Crippen LogP contribution in [0, 0.1) is 21.4 Å². The molecule has 6 aromatic carbocycles. The Labute approximate surface area is 781 Å². The minimum absolute atomic E-state index is 0.0277. The Hall–Kier alpha value is -8.32. The van der Waals surface area contributed by atoms with Crippen LogP contribution >= 0.6 is 0 Å². The van der Waals surface area contributed by atoms with Crippen LogP contribution in [0.5, 0.6) is 5.75 Å². The number of hydrogen-bond donors (Lipinski definition) is 2. The van der Waals surface area contributed by atoms with E-state index in [2.05, 4.69) is 87.8 Å². The average Bonchev–Trinajstić information content (AvgIpc) is 0.855. The molecule has 6 aromatic rings. The summed E-state index contributed by atoms with van der Waals surface area (Å²) < 4.78 is 17.1. The average molecular weight is 2090 g/mol. The van der Waals surface area contributed by atoms with Crippen molar-refractivity contribution < 1.29 is 190 Å². The van der Waals surface area contributed by atoms with E-state index in [1.807, 2.05) is 67.7 Å². The number of ketones is 1. The zero-order valence-electron chi connectivity index (χ0n) is 77.8. The fourth-order valence-electron chi connectivity index (χ4n) is 13.7. The number of carboxylic acid groups (broad SMARTS) is 8. The van der Waals surface area contributed by atoms with E-state index in [1.165, 1.54) is 21.0 Å². The number of nitrogens with one attached hydrogen (secondary N) is 2. The maximum atomic E-state index is 11.3. The van der Waals surface area contributed by atoms with Crippen molar-refractivity contribution in [2.45, 2.75) is 219 Å². The number of unbranched alkanes of at least 4 members (excludes halogenated alkanes) is 3. The molecular weight excluding hydrogens is 1950 g/mol. The largest absolute Gasteiger partial charge is 0.545 e. The zero-order chi connectivity index (χ0) is 95.8. The fraction of sp³-hybridized carbons (Fsp3) is 0.515. The third kappa shape index (κ3) is 51.6. The van der Waals surface area contributed by atoms with E-state index in [4.69, 9.17) is 4.74 Å². The van der Waals surface area contributed by atoms with Gasteiger partial charge in [0.15, 0.2) is 16.5 Å². The minimum atomic E-state index is -1.16. The Morgan fingerprint density at radius 1 is 0.373 bits per heavy atom. The minimum Gasteiger partial charge on any atom is -0.545 e. The first-order valence-corrected chi connectivity index (χ1v) is 50.4. The smallest absolute Gasteiger partial charge is 0.358 e. The molecule has 0 aliphatic carbocycles. The van der Waals surface area contributed by atoms with Crippen LogP contribution in [0.4, 0.5) is 0 Å². The number of rotatable bonds is 49. The number of aromatic carboxylic acids is 3. The topological polar surface area (TPSA) is 400 Å². The number of methoxy groups -OCH3 is 1. The number of hydrogen-bond acceptors (Lipinski definition) is 21. The number of halogens is 3. The van der Waals surface area contributed by atoms with E-state index >= 15 is 0 Å². The highest BCUT2D eigenvalue weighted by atomic mass is 127. The number of likely N-dealkylation sites (N-methyl/N-ethyl adjacent to an activating group) is 1. The Balaban J connectivity index is 0. The third-order valence-corrected chi connectivity index (χ3v) is 28.5. The van der Waals surface area contributed by atoms with Crippen molar-refractivity contribution in [3.8, 4) is 5.75 Å². The SMILES string of the molecule is CC(=O)Oc1ccc([I+]c2ccccc2C(=O)[O-])cc1.CC(=O)c1ccc([I+]c2ccccc2C(=O)[O-])cc1.CCCC[N+](CCCC)(CCCC)CC(=O)[O-].CCC[N+](C)(CCC)C(C)C(=O)[O-].CCC[N+](CCC)(CCC)CC(=O)[O-].CCC[NH+](CCC)C(C)C(=O)[O-].CCC[NH+](CCC)CC(=O)[O-].COC(=O)c1ccc([I+]c2ccccc2C(=O)[O-])cc1. The summed E-state index contributed by atoms with van der Waals surface area (Å²) in [4.78, 5) is 122. The summed E-state index contributed by atoms with van der Waals surface area (Å²) in [6, 6.07) is 41.3. The molecule has 2 atom stereocenters. The number of carbonyl (C=O) groups is 11. The lowest BCUT2D eigenvalue weighted by Crippen LogP contribution is -3.61. The van der Waals surface area contributed by atoms with Crippen molar-refractivity contribution in [3.05, 3.63) is 195 Å². The van der Waals surface area contributed by atoms with Gasteiger partial charge in [-0.2, -0.15) is 0 Å². The molecule has 0 bridgehead atoms. The van der Waals surface area contributed by atoms with Crippen LogP contribution < -0.4 is 119 Å². The summed E-state index contributed by atoms with van der Waals surface area (Å²) in [5.41, 5.74) is 1.88. The Bertz CT molecular complexity index is 4080. The van der Waals surface area contributed by atoms with E-state index < -0.39 is 117 Å². The predicted molar refractivity (Wildman–Crippen MR) is 459 cm³/mol. The Kier molecular flexibility index (Phi) is 66.2. The van der Waals surface area contributed by atoms with Crippen molar-refractivity contribution in [1.82, 2.24) is 0 Å². The lowest BCUT2D eigenvalue weighted by Gasteiger charge is -2.40. The molecule has 2 unspecified atom stereocenters. The third-order valence-electron chi connectivity index (χ3n) is 19.9. The van der Waals surface area contributed by atoms with Crippen LogP contribution in [0.3, 0.4) is 0 Å². The first kappa shape index (κ1) is 120. The molecule has 0 spiro atoms. The molecule has 0 heterocycles. The van der Waals surface area contributed by atoms with Gasteiger partial charge in [-0.15, -0.1) is 0 Å². The summed E-state index contributed by atoms with van der Waals surface area (Å²) in [5.74, 6) is -8.33. The fourth-order valence-corrected chi connectivity index (χ4v) is 21.1. The number of esters is 2. The summed E-state index contributed by atoms with van der Waals surface area (Å²) in [7, 11) is 3.33. The van der Waals surface area contributed by atoms with Gasteiger partial charge in [-0.1, -0.05) is 139 Å². The predicted octanol–water partition coefficient (Wildman–Crippen LogP) is -5.15. The molecule has 2 N–H and O–H groups in total. The number of quaternary nitrogens is 5. The molecule has 0 aliphatic rings. The first-order chi connectivity index (χ1) is 59.8. The normalized spacial score (nSPS) is 11.2. The zero-order valence-corrected chi connectivity index (χ0v) is 84.2. The van der Waals surface area contributed by atoms with Crippen molar-refractivity contribution in [2.75, 3.05) is 112 Å². The van der Waals surface area contributed by atoms with E-state index in [0.717, 1.165) is 211 Å². The standard InChI is InChI=1S/2C15H11IO4.C15H11IO3.C14H29NO2.C11H23NO2.C10H21NO2.C9H19NO2.C8H17NO2/c1-20-15(19)10-6-8-11(9-7-10)16-13-5-3-2-4-12(13)14(17)18;1-10(17)20-12-8-6-11(7-9-12)16-14-5-3-2-4-13(14)15(18)19;1-10(17)11-6-8-12(9-7-11)16-14-5-3-2-4-13(14)15(18)19;1-4-7-10-15(11-8-5-2,12-9-6-3)13-14(16)17;1-4-7-12(8-5-2,9-6-3)10-11(13)14;1-5-7-11(4,8-6-2)9(3)10(12)13;1-4-6-10(7-5-2)8(3)9(11)12;1-3-5-9(6-4-2)7-8(10)11/h2*2-9H,1H3;2-9H,1H3;4-13H2,1-3H3;4-10H2,1-3H3;9H,5-8H2,1-4H3;8H,4-7H2,1-3H3,(H,11,12);3-7H2,1-2H3,(H,10,11). The molecule has 0 fully saturated rings. The van der Waals surface area contributed by atoms with Gasteiger partial charge >= 0.3 is 75.6 Å². The molecule has 0 saturated carbocycles. The summed E-state index contributed by atoms with van der Waals surface area (Å²) in [5, 5.41) is 86.3. The van der Waals surface area contributed by atoms with Gasteiger partial charge in [0, 0.05) is 12.5 Å². The quantitative estimate of drug-likeness (QED) is 0.0119. The second-order valence-electron chi connectivity index (χ2n) is 30.8. The number of ether oxygens (including phenoxy) is 2. The number of carbonyl (C=O) groups excluding carboxylic acids is 11. The van der Waals surface area contributed by atoms with Gasteiger partial charge in [-0.3, -0.25) is 9.59 Å². The summed E-state index contributed by atoms with van der Waals surface area (Å²) >= 11 is -1.85. The number of Topliss-reactive ketones (excluding diaryl/α,β-unsaturated/α-hetero) is 1. The second-order valence-corrected chi connectivity index (χ2v) is 39.6. The maximum absolute atomic E-state index is 11.3. The summed E-state index contributed by atoms with van der Waals surface area (Å²) in [6.45, 7) is 43.4. The number of aliphatic carboxylic acids is 5. The highest BCUT2D eigenvalue weighted by Gasteiger charge is 2.30.